The van der Waals surface area contributed by atoms with Gasteiger partial charge in [0.25, 0.3) is 5.91 Å². The monoisotopic (exact) mass is 302 g/mol. The molecule has 0 aliphatic carbocycles. The topological polar surface area (TPSA) is 96.2 Å². The summed E-state index contributed by atoms with van der Waals surface area (Å²) in [4.78, 5) is 26.2. The number of aromatic nitrogens is 4. The molecule has 2 N–H and O–H groups in total. The van der Waals surface area contributed by atoms with Crippen LogP contribution in [0.15, 0.2) is 31.1 Å². The van der Waals surface area contributed by atoms with Gasteiger partial charge in [-0.3, -0.25) is 9.78 Å². The van der Waals surface area contributed by atoms with Crippen LogP contribution in [0.4, 0.5) is 5.82 Å². The Labute approximate surface area is 127 Å². The number of aryl methyl sites for hydroxylation is 1. The lowest BCUT2D eigenvalue weighted by atomic mass is 10.0. The van der Waals surface area contributed by atoms with Crippen LogP contribution in [0.1, 0.15) is 16.9 Å². The molecular weight excluding hydrogens is 284 g/mol. The lowest BCUT2D eigenvalue weighted by Gasteiger charge is -2.23. The molecule has 8 heteroatoms. The van der Waals surface area contributed by atoms with Gasteiger partial charge in [-0.15, -0.1) is 0 Å². The van der Waals surface area contributed by atoms with E-state index in [9.17, 15) is 9.90 Å². The van der Waals surface area contributed by atoms with Crippen molar-refractivity contribution < 1.29 is 9.90 Å². The number of nitrogens with zero attached hydrogens (tertiary/aromatic N) is 5. The molecule has 1 saturated heterocycles. The Morgan fingerprint density at radius 2 is 2.32 bits per heavy atom. The minimum absolute atomic E-state index is 0.180. The Morgan fingerprint density at radius 3 is 3.00 bits per heavy atom. The van der Waals surface area contributed by atoms with E-state index in [0.717, 1.165) is 5.82 Å². The Hall–Kier alpha value is -2.48. The van der Waals surface area contributed by atoms with Gasteiger partial charge in [-0.25, -0.2) is 9.97 Å². The molecule has 2 aromatic rings. The summed E-state index contributed by atoms with van der Waals surface area (Å²) in [6, 6.07) is 0. The van der Waals surface area contributed by atoms with Gasteiger partial charge in [-0.1, -0.05) is 0 Å². The molecule has 3 rings (SSSR count). The summed E-state index contributed by atoms with van der Waals surface area (Å²) in [7, 11) is 1.80. The minimum atomic E-state index is -0.970. The Morgan fingerprint density at radius 1 is 1.45 bits per heavy atom. The molecule has 0 bridgehead atoms. The van der Waals surface area contributed by atoms with Gasteiger partial charge in [0.15, 0.2) is 0 Å². The first kappa shape index (κ1) is 14.5. The van der Waals surface area contributed by atoms with Crippen LogP contribution in [0.25, 0.3) is 0 Å². The molecule has 0 radical (unpaired) electrons. The SMILES string of the molecule is Cn1cnc(C(=O)NC[C@@]2(O)CCN(c3cnccn3)C2)c1. The van der Waals surface area contributed by atoms with Crippen molar-refractivity contribution in [3.63, 3.8) is 0 Å². The molecule has 0 spiro atoms. The van der Waals surface area contributed by atoms with E-state index >= 15 is 0 Å². The molecule has 1 aliphatic rings. The van der Waals surface area contributed by atoms with Gasteiger partial charge < -0.3 is 19.9 Å². The van der Waals surface area contributed by atoms with Crippen LogP contribution in [0.3, 0.4) is 0 Å². The predicted octanol–water partition coefficient (Wildman–Crippen LogP) is -0.419. The first-order valence-corrected chi connectivity index (χ1v) is 7.05. The van der Waals surface area contributed by atoms with Gasteiger partial charge >= 0.3 is 0 Å². The predicted molar refractivity (Wildman–Crippen MR) is 79.4 cm³/mol. The zero-order valence-electron chi connectivity index (χ0n) is 12.3. The quantitative estimate of drug-likeness (QED) is 0.796. The summed E-state index contributed by atoms with van der Waals surface area (Å²) in [5.74, 6) is 0.446. The second-order valence-corrected chi connectivity index (χ2v) is 5.57. The molecule has 1 atom stereocenters. The van der Waals surface area contributed by atoms with Crippen LogP contribution in [-0.4, -0.2) is 55.8 Å². The van der Waals surface area contributed by atoms with Gasteiger partial charge in [0.2, 0.25) is 0 Å². The van der Waals surface area contributed by atoms with Gasteiger partial charge in [0.05, 0.1) is 12.5 Å². The van der Waals surface area contributed by atoms with E-state index in [1.54, 1.807) is 42.7 Å². The van der Waals surface area contributed by atoms with E-state index in [0.29, 0.717) is 25.2 Å². The van der Waals surface area contributed by atoms with Crippen molar-refractivity contribution in [3.8, 4) is 0 Å². The average Bonchev–Trinajstić information content (AvgIpc) is 3.13. The number of carbonyl (C=O) groups excluding carboxylic acids is 1. The highest BCUT2D eigenvalue weighted by Gasteiger charge is 2.37. The molecule has 1 aliphatic heterocycles. The van der Waals surface area contributed by atoms with Gasteiger partial charge in [0.1, 0.15) is 17.1 Å². The van der Waals surface area contributed by atoms with E-state index in [4.69, 9.17) is 0 Å². The Bertz CT molecular complexity index is 658. The molecule has 0 saturated carbocycles. The van der Waals surface area contributed by atoms with Crippen LogP contribution >= 0.6 is 0 Å². The molecule has 2 aromatic heterocycles. The Kier molecular flexibility index (Phi) is 3.76. The summed E-state index contributed by atoms with van der Waals surface area (Å²) in [6.07, 6.45) is 8.66. The summed E-state index contributed by atoms with van der Waals surface area (Å²) >= 11 is 0. The molecule has 8 nitrogen and oxygen atoms in total. The average molecular weight is 302 g/mol. The number of aliphatic hydroxyl groups is 1. The lowest BCUT2D eigenvalue weighted by Crippen LogP contribution is -2.45. The fraction of sp³-hybridized carbons (Fsp3) is 0.429. The third kappa shape index (κ3) is 3.06. The van der Waals surface area contributed by atoms with Crippen molar-refractivity contribution in [3.05, 3.63) is 36.8 Å². The van der Waals surface area contributed by atoms with Gasteiger partial charge in [-0.05, 0) is 6.42 Å². The standard InChI is InChI=1S/C14H18N6O2/c1-19-7-11(18-10-19)13(21)17-8-14(22)2-5-20(9-14)12-6-15-3-4-16-12/h3-4,6-7,10,22H,2,5,8-9H2,1H3,(H,17,21)/t14-/m0/s1. The number of amides is 1. The lowest BCUT2D eigenvalue weighted by molar-refractivity contribution is 0.0574. The van der Waals surface area contributed by atoms with Crippen LogP contribution in [0.5, 0.6) is 0 Å². The van der Waals surface area contributed by atoms with E-state index in [-0.39, 0.29) is 12.5 Å². The largest absolute Gasteiger partial charge is 0.386 e. The minimum Gasteiger partial charge on any atom is -0.386 e. The summed E-state index contributed by atoms with van der Waals surface area (Å²) < 4.78 is 1.70. The van der Waals surface area contributed by atoms with Gasteiger partial charge in [0, 0.05) is 45.3 Å². The molecule has 0 unspecified atom stereocenters. The van der Waals surface area contributed by atoms with Gasteiger partial charge in [-0.2, -0.15) is 0 Å². The maximum absolute atomic E-state index is 12.0. The molecule has 116 valence electrons. The van der Waals surface area contributed by atoms with Crippen LogP contribution in [0, 0.1) is 0 Å². The third-order valence-electron chi connectivity index (χ3n) is 3.72. The molecule has 1 fully saturated rings. The van der Waals surface area contributed by atoms with E-state index in [2.05, 4.69) is 20.3 Å². The van der Waals surface area contributed by atoms with Crippen molar-refractivity contribution in [1.82, 2.24) is 24.8 Å². The number of nitrogens with one attached hydrogen (secondary N) is 1. The number of carbonyl (C=O) groups is 1. The number of β-amino-alcohol motifs (C(OH)–C–C–N with tert-alkyl or cyclic N) is 1. The highest BCUT2D eigenvalue weighted by Crippen LogP contribution is 2.24. The highest BCUT2D eigenvalue weighted by atomic mass is 16.3. The van der Waals surface area contributed by atoms with Crippen molar-refractivity contribution in [2.75, 3.05) is 24.5 Å². The Balaban J connectivity index is 1.58. The smallest absolute Gasteiger partial charge is 0.271 e. The van der Waals surface area contributed by atoms with Crippen molar-refractivity contribution in [2.45, 2.75) is 12.0 Å². The third-order valence-corrected chi connectivity index (χ3v) is 3.72. The van der Waals surface area contributed by atoms with Crippen molar-refractivity contribution in [1.29, 1.82) is 0 Å². The normalized spacial score (nSPS) is 21.1. The fourth-order valence-electron chi connectivity index (χ4n) is 2.52. The van der Waals surface area contributed by atoms with Crippen LogP contribution < -0.4 is 10.2 Å². The number of anilines is 1. The van der Waals surface area contributed by atoms with Crippen LogP contribution in [0.2, 0.25) is 0 Å². The first-order valence-electron chi connectivity index (χ1n) is 7.05. The van der Waals surface area contributed by atoms with Crippen LogP contribution in [-0.2, 0) is 7.05 Å². The number of imidazole rings is 1. The number of hydrogen-bond acceptors (Lipinski definition) is 6. The second kappa shape index (κ2) is 5.72. The maximum atomic E-state index is 12.0. The maximum Gasteiger partial charge on any atom is 0.271 e. The molecule has 22 heavy (non-hydrogen) atoms. The first-order chi connectivity index (χ1) is 10.6. The number of hydrogen-bond donors (Lipinski definition) is 2. The molecule has 3 heterocycles. The zero-order valence-corrected chi connectivity index (χ0v) is 12.3. The number of rotatable bonds is 4. The second-order valence-electron chi connectivity index (χ2n) is 5.57. The van der Waals surface area contributed by atoms with E-state index in [1.807, 2.05) is 4.90 Å². The molecule has 1 amide bonds. The van der Waals surface area contributed by atoms with E-state index in [1.165, 1.54) is 0 Å². The summed E-state index contributed by atoms with van der Waals surface area (Å²) in [5, 5.41) is 13.3. The zero-order chi connectivity index (χ0) is 15.6. The van der Waals surface area contributed by atoms with E-state index < -0.39 is 5.60 Å². The molecular formula is C14H18N6O2. The van der Waals surface area contributed by atoms with Crippen molar-refractivity contribution in [2.24, 2.45) is 7.05 Å². The fourth-order valence-corrected chi connectivity index (χ4v) is 2.52. The summed E-state index contributed by atoms with van der Waals surface area (Å²) in [5.41, 5.74) is -0.628. The van der Waals surface area contributed by atoms with Crippen molar-refractivity contribution >= 4 is 11.7 Å². The summed E-state index contributed by atoms with van der Waals surface area (Å²) in [6.45, 7) is 1.27. The molecule has 0 aromatic carbocycles. The highest BCUT2D eigenvalue weighted by molar-refractivity contribution is 5.92.